The number of carbonyl (C=O) groups excluding carboxylic acids is 1. The Morgan fingerprint density at radius 2 is 2.23 bits per heavy atom. The van der Waals surface area contributed by atoms with Gasteiger partial charge in [0.05, 0.1) is 5.69 Å². The van der Waals surface area contributed by atoms with Gasteiger partial charge in [-0.1, -0.05) is 23.4 Å². The first-order valence-electron chi connectivity index (χ1n) is 6.67. The van der Waals surface area contributed by atoms with Crippen LogP contribution in [-0.4, -0.2) is 16.0 Å². The smallest absolute Gasteiger partial charge is 0.279 e. The number of amides is 1. The van der Waals surface area contributed by atoms with Gasteiger partial charge in [0.15, 0.2) is 10.8 Å². The Morgan fingerprint density at radius 3 is 3.05 bits per heavy atom. The van der Waals surface area contributed by atoms with Gasteiger partial charge < -0.3 is 4.52 Å². The Bertz CT molecular complexity index is 869. The molecule has 5 nitrogen and oxygen atoms in total. The summed E-state index contributed by atoms with van der Waals surface area (Å²) in [5.74, 6) is 1.18. The van der Waals surface area contributed by atoms with Gasteiger partial charge in [-0.15, -0.1) is 23.1 Å². The van der Waals surface area contributed by atoms with E-state index in [0.717, 1.165) is 17.0 Å². The van der Waals surface area contributed by atoms with Crippen molar-refractivity contribution in [1.82, 2.24) is 10.1 Å². The fraction of sp³-hybridized carbons (Fsp3) is 0.133. The highest BCUT2D eigenvalue weighted by molar-refractivity contribution is 7.98. The van der Waals surface area contributed by atoms with Crippen LogP contribution >= 0.6 is 23.1 Å². The molecule has 3 heterocycles. The van der Waals surface area contributed by atoms with E-state index in [9.17, 15) is 4.79 Å². The van der Waals surface area contributed by atoms with Crippen molar-refractivity contribution >= 4 is 34.1 Å². The van der Waals surface area contributed by atoms with Crippen molar-refractivity contribution in [2.45, 2.75) is 17.6 Å². The molecule has 0 unspecified atom stereocenters. The number of rotatable bonds is 2. The molecule has 0 spiro atoms. The van der Waals surface area contributed by atoms with Crippen LogP contribution in [0.5, 0.6) is 0 Å². The van der Waals surface area contributed by atoms with Crippen LogP contribution in [0.3, 0.4) is 0 Å². The molecule has 1 amide bonds. The Balaban J connectivity index is 1.64. The molecule has 2 aromatic heterocycles. The fourth-order valence-electron chi connectivity index (χ4n) is 2.28. The van der Waals surface area contributed by atoms with Crippen LogP contribution in [0.1, 0.15) is 21.1 Å². The third kappa shape index (κ3) is 2.32. The van der Waals surface area contributed by atoms with Crippen LogP contribution in [0.2, 0.25) is 0 Å². The minimum Gasteiger partial charge on any atom is -0.361 e. The maximum absolute atomic E-state index is 12.1. The van der Waals surface area contributed by atoms with E-state index in [2.05, 4.69) is 27.6 Å². The van der Waals surface area contributed by atoms with Crippen LogP contribution in [0.25, 0.3) is 11.3 Å². The first-order valence-corrected chi connectivity index (χ1v) is 8.47. The van der Waals surface area contributed by atoms with E-state index in [0.29, 0.717) is 10.9 Å². The molecular weight excluding hydrogens is 318 g/mol. The molecule has 0 fully saturated rings. The van der Waals surface area contributed by atoms with Crippen molar-refractivity contribution in [2.24, 2.45) is 0 Å². The first-order chi connectivity index (χ1) is 10.7. The third-order valence-corrected chi connectivity index (χ3v) is 5.53. The van der Waals surface area contributed by atoms with Gasteiger partial charge in [-0.05, 0) is 13.0 Å². The largest absolute Gasteiger partial charge is 0.361 e. The number of fused-ring (bicyclic) bond motifs is 3. The molecule has 0 bridgehead atoms. The Hall–Kier alpha value is -2.12. The van der Waals surface area contributed by atoms with Crippen molar-refractivity contribution < 1.29 is 9.32 Å². The molecule has 0 aliphatic carbocycles. The van der Waals surface area contributed by atoms with Crippen molar-refractivity contribution in [3.63, 3.8) is 0 Å². The highest BCUT2D eigenvalue weighted by Crippen LogP contribution is 2.44. The molecule has 1 aromatic carbocycles. The zero-order valence-electron chi connectivity index (χ0n) is 11.6. The van der Waals surface area contributed by atoms with Gasteiger partial charge in [-0.25, -0.2) is 4.98 Å². The van der Waals surface area contributed by atoms with E-state index in [1.165, 1.54) is 21.1 Å². The van der Waals surface area contributed by atoms with E-state index in [-0.39, 0.29) is 11.6 Å². The summed E-state index contributed by atoms with van der Waals surface area (Å²) in [6.07, 6.45) is 0. The minimum atomic E-state index is -0.302. The van der Waals surface area contributed by atoms with Crippen molar-refractivity contribution in [2.75, 3.05) is 5.32 Å². The number of aryl methyl sites for hydroxylation is 1. The summed E-state index contributed by atoms with van der Waals surface area (Å²) >= 11 is 3.30. The molecule has 3 aromatic rings. The van der Waals surface area contributed by atoms with Crippen LogP contribution in [0.4, 0.5) is 5.13 Å². The zero-order valence-corrected chi connectivity index (χ0v) is 13.3. The van der Waals surface area contributed by atoms with Gasteiger partial charge in [-0.3, -0.25) is 10.1 Å². The third-order valence-electron chi connectivity index (χ3n) is 3.28. The Kier molecular flexibility index (Phi) is 3.24. The van der Waals surface area contributed by atoms with E-state index in [1.807, 2.05) is 12.1 Å². The first kappa shape index (κ1) is 13.5. The highest BCUT2D eigenvalue weighted by Gasteiger charge is 2.22. The van der Waals surface area contributed by atoms with Gasteiger partial charge in [0, 0.05) is 27.2 Å². The summed E-state index contributed by atoms with van der Waals surface area (Å²) in [5, 5.41) is 7.10. The number of aromatic nitrogens is 2. The number of benzene rings is 1. The number of hydrogen-bond donors (Lipinski definition) is 1. The zero-order chi connectivity index (χ0) is 15.1. The van der Waals surface area contributed by atoms with Gasteiger partial charge in [0.1, 0.15) is 5.76 Å². The summed E-state index contributed by atoms with van der Waals surface area (Å²) < 4.78 is 4.92. The Morgan fingerprint density at radius 1 is 1.36 bits per heavy atom. The number of thiazole rings is 1. The average molecular weight is 329 g/mol. The molecule has 1 N–H and O–H groups in total. The number of nitrogens with one attached hydrogen (secondary N) is 1. The SMILES string of the molecule is Cc1cc(C(=O)Nc2nc3c(s2)CSc2ccccc2-3)no1. The second-order valence-electron chi connectivity index (χ2n) is 4.85. The van der Waals surface area contributed by atoms with Gasteiger partial charge in [0.25, 0.3) is 5.91 Å². The molecule has 1 aliphatic rings. The standard InChI is InChI=1S/C15H11N3O2S2/c1-8-6-10(18-20-8)14(19)17-15-16-13-9-4-2-3-5-11(9)21-7-12(13)22-15/h2-6H,7H2,1H3,(H,16,17,19). The molecule has 0 atom stereocenters. The molecule has 0 saturated heterocycles. The lowest BCUT2D eigenvalue weighted by atomic mass is 10.1. The molecule has 4 rings (SSSR count). The number of anilines is 1. The molecule has 1 aliphatic heterocycles. The van der Waals surface area contributed by atoms with Crippen LogP contribution < -0.4 is 5.32 Å². The summed E-state index contributed by atoms with van der Waals surface area (Å²) in [4.78, 5) is 19.1. The Labute approximate surface area is 134 Å². The molecule has 7 heteroatoms. The predicted octanol–water partition coefficient (Wildman–Crippen LogP) is 3.96. The summed E-state index contributed by atoms with van der Waals surface area (Å²) in [5.41, 5.74) is 2.36. The van der Waals surface area contributed by atoms with E-state index in [1.54, 1.807) is 24.8 Å². The van der Waals surface area contributed by atoms with E-state index >= 15 is 0 Å². The average Bonchev–Trinajstić information content (AvgIpc) is 3.13. The lowest BCUT2D eigenvalue weighted by molar-refractivity contribution is 0.101. The maximum Gasteiger partial charge on any atom is 0.279 e. The van der Waals surface area contributed by atoms with Crippen molar-refractivity contribution in [3.8, 4) is 11.3 Å². The lowest BCUT2D eigenvalue weighted by Crippen LogP contribution is -2.11. The van der Waals surface area contributed by atoms with Crippen molar-refractivity contribution in [1.29, 1.82) is 0 Å². The van der Waals surface area contributed by atoms with Crippen LogP contribution in [0.15, 0.2) is 39.8 Å². The van der Waals surface area contributed by atoms with Gasteiger partial charge in [0.2, 0.25) is 0 Å². The molecule has 110 valence electrons. The van der Waals surface area contributed by atoms with Gasteiger partial charge >= 0.3 is 0 Å². The lowest BCUT2D eigenvalue weighted by Gasteiger charge is -2.13. The molecule has 0 radical (unpaired) electrons. The second kappa shape index (κ2) is 5.26. The fourth-order valence-corrected chi connectivity index (χ4v) is 4.38. The molecule has 22 heavy (non-hydrogen) atoms. The number of nitrogens with zero attached hydrogens (tertiary/aromatic N) is 2. The van der Waals surface area contributed by atoms with Crippen LogP contribution in [-0.2, 0) is 5.75 Å². The highest BCUT2D eigenvalue weighted by atomic mass is 32.2. The summed E-state index contributed by atoms with van der Waals surface area (Å²) in [6, 6.07) is 9.79. The maximum atomic E-state index is 12.1. The topological polar surface area (TPSA) is 68.0 Å². The minimum absolute atomic E-state index is 0.264. The number of hydrogen-bond acceptors (Lipinski definition) is 6. The summed E-state index contributed by atoms with van der Waals surface area (Å²) in [6.45, 7) is 1.75. The van der Waals surface area contributed by atoms with Crippen LogP contribution in [0, 0.1) is 6.92 Å². The van der Waals surface area contributed by atoms with Crippen molar-refractivity contribution in [3.05, 3.63) is 46.7 Å². The number of thioether (sulfide) groups is 1. The van der Waals surface area contributed by atoms with E-state index < -0.39 is 0 Å². The normalized spacial score (nSPS) is 12.6. The molecule has 0 saturated carbocycles. The number of carbonyl (C=O) groups is 1. The monoisotopic (exact) mass is 329 g/mol. The second-order valence-corrected chi connectivity index (χ2v) is 6.95. The predicted molar refractivity (Wildman–Crippen MR) is 86.3 cm³/mol. The van der Waals surface area contributed by atoms with Gasteiger partial charge in [-0.2, -0.15) is 0 Å². The molecular formula is C15H11N3O2S2. The summed E-state index contributed by atoms with van der Waals surface area (Å²) in [7, 11) is 0. The van der Waals surface area contributed by atoms with E-state index in [4.69, 9.17) is 4.52 Å². The quantitative estimate of drug-likeness (QED) is 0.770.